The molecule has 0 atom stereocenters. The van der Waals surface area contributed by atoms with E-state index in [4.69, 9.17) is 17.3 Å². The highest BCUT2D eigenvalue weighted by atomic mass is 35.5. The molecule has 0 amide bonds. The Hall–Kier alpha value is -1.74. The van der Waals surface area contributed by atoms with E-state index < -0.39 is 0 Å². The summed E-state index contributed by atoms with van der Waals surface area (Å²) in [5.74, 6) is 0.512. The summed E-state index contributed by atoms with van der Waals surface area (Å²) in [6.45, 7) is 2.00. The van der Waals surface area contributed by atoms with Crippen LogP contribution >= 0.6 is 11.6 Å². The fourth-order valence-electron chi connectivity index (χ4n) is 1.40. The standard InChI is InChI=1S/C12H12ClN3/c1-8-6-9(13)2-4-11(8)16-10-3-5-12(14)15-7-10/h2-7,16H,1H3,(H2,14,15). The monoisotopic (exact) mass is 233 g/mol. The number of benzene rings is 1. The molecule has 3 nitrogen and oxygen atoms in total. The van der Waals surface area contributed by atoms with E-state index in [1.807, 2.05) is 31.2 Å². The van der Waals surface area contributed by atoms with Gasteiger partial charge in [0.25, 0.3) is 0 Å². The minimum absolute atomic E-state index is 0.512. The number of hydrogen-bond donors (Lipinski definition) is 2. The zero-order chi connectivity index (χ0) is 11.5. The van der Waals surface area contributed by atoms with Gasteiger partial charge in [-0.15, -0.1) is 0 Å². The van der Waals surface area contributed by atoms with Gasteiger partial charge in [0.1, 0.15) is 5.82 Å². The van der Waals surface area contributed by atoms with Crippen LogP contribution in [-0.2, 0) is 0 Å². The molecule has 4 heteroatoms. The average Bonchev–Trinajstić information content (AvgIpc) is 2.25. The van der Waals surface area contributed by atoms with Gasteiger partial charge >= 0.3 is 0 Å². The lowest BCUT2D eigenvalue weighted by atomic mass is 10.2. The SMILES string of the molecule is Cc1cc(Cl)ccc1Nc1ccc(N)nc1. The van der Waals surface area contributed by atoms with E-state index in [0.29, 0.717) is 5.82 Å². The van der Waals surface area contributed by atoms with Crippen molar-refractivity contribution in [1.29, 1.82) is 0 Å². The van der Waals surface area contributed by atoms with Crippen LogP contribution in [0.2, 0.25) is 5.02 Å². The van der Waals surface area contributed by atoms with Crippen LogP contribution in [0, 0.1) is 6.92 Å². The molecule has 2 rings (SSSR count). The van der Waals surface area contributed by atoms with Crippen LogP contribution in [0.25, 0.3) is 0 Å². The van der Waals surface area contributed by atoms with E-state index in [9.17, 15) is 0 Å². The minimum Gasteiger partial charge on any atom is -0.384 e. The van der Waals surface area contributed by atoms with Crippen LogP contribution in [0.4, 0.5) is 17.2 Å². The second-order valence-corrected chi connectivity index (χ2v) is 3.99. The Morgan fingerprint density at radius 2 is 2.06 bits per heavy atom. The molecule has 1 aromatic heterocycles. The lowest BCUT2D eigenvalue weighted by Gasteiger charge is -2.09. The number of rotatable bonds is 2. The molecule has 2 aromatic rings. The minimum atomic E-state index is 0.512. The molecule has 1 aromatic carbocycles. The first-order chi connectivity index (χ1) is 7.65. The van der Waals surface area contributed by atoms with Crippen LogP contribution in [-0.4, -0.2) is 4.98 Å². The summed E-state index contributed by atoms with van der Waals surface area (Å²) in [7, 11) is 0. The number of nitrogens with one attached hydrogen (secondary N) is 1. The second kappa shape index (κ2) is 4.41. The van der Waals surface area contributed by atoms with Crippen molar-refractivity contribution in [2.24, 2.45) is 0 Å². The zero-order valence-electron chi connectivity index (χ0n) is 8.87. The highest BCUT2D eigenvalue weighted by Crippen LogP contribution is 2.23. The highest BCUT2D eigenvalue weighted by molar-refractivity contribution is 6.30. The molecule has 0 aliphatic heterocycles. The second-order valence-electron chi connectivity index (χ2n) is 3.56. The average molecular weight is 234 g/mol. The smallest absolute Gasteiger partial charge is 0.123 e. The molecule has 1 heterocycles. The van der Waals surface area contributed by atoms with Crippen molar-refractivity contribution in [3.8, 4) is 0 Å². The van der Waals surface area contributed by atoms with Gasteiger partial charge in [0.15, 0.2) is 0 Å². The number of hydrogen-bond acceptors (Lipinski definition) is 3. The summed E-state index contributed by atoms with van der Waals surface area (Å²) < 4.78 is 0. The summed E-state index contributed by atoms with van der Waals surface area (Å²) in [5, 5.41) is 3.98. The van der Waals surface area contributed by atoms with Crippen molar-refractivity contribution in [1.82, 2.24) is 4.98 Å². The Morgan fingerprint density at radius 3 is 2.69 bits per heavy atom. The molecule has 0 saturated heterocycles. The molecule has 0 fully saturated rings. The normalized spacial score (nSPS) is 10.1. The van der Waals surface area contributed by atoms with Gasteiger partial charge in [0.05, 0.1) is 11.9 Å². The van der Waals surface area contributed by atoms with Gasteiger partial charge < -0.3 is 11.1 Å². The van der Waals surface area contributed by atoms with Gasteiger partial charge in [0, 0.05) is 10.7 Å². The molecule has 0 spiro atoms. The number of anilines is 3. The van der Waals surface area contributed by atoms with Crippen LogP contribution in [0.3, 0.4) is 0 Å². The van der Waals surface area contributed by atoms with Crippen LogP contribution in [0.1, 0.15) is 5.56 Å². The fourth-order valence-corrected chi connectivity index (χ4v) is 1.63. The molecule has 16 heavy (non-hydrogen) atoms. The summed E-state index contributed by atoms with van der Waals surface area (Å²) >= 11 is 5.88. The van der Waals surface area contributed by atoms with Gasteiger partial charge in [-0.05, 0) is 42.8 Å². The summed E-state index contributed by atoms with van der Waals surface area (Å²) in [6, 6.07) is 9.34. The third-order valence-electron chi connectivity index (χ3n) is 2.25. The van der Waals surface area contributed by atoms with Crippen molar-refractivity contribution in [2.75, 3.05) is 11.1 Å². The first kappa shape index (κ1) is 10.8. The van der Waals surface area contributed by atoms with E-state index in [2.05, 4.69) is 10.3 Å². The Morgan fingerprint density at radius 1 is 1.25 bits per heavy atom. The molecule has 0 unspecified atom stereocenters. The van der Waals surface area contributed by atoms with Crippen LogP contribution in [0.15, 0.2) is 36.5 Å². The lowest BCUT2D eigenvalue weighted by Crippen LogP contribution is -1.95. The van der Waals surface area contributed by atoms with Crippen molar-refractivity contribution in [2.45, 2.75) is 6.92 Å². The topological polar surface area (TPSA) is 50.9 Å². The van der Waals surface area contributed by atoms with Crippen molar-refractivity contribution in [3.05, 3.63) is 47.1 Å². The molecule has 0 saturated carbocycles. The predicted octanol–water partition coefficient (Wildman–Crippen LogP) is 3.37. The van der Waals surface area contributed by atoms with Gasteiger partial charge in [-0.3, -0.25) is 0 Å². The number of halogens is 1. The Labute approximate surface area is 99.3 Å². The van der Waals surface area contributed by atoms with Crippen molar-refractivity contribution < 1.29 is 0 Å². The van der Waals surface area contributed by atoms with Gasteiger partial charge in [0.2, 0.25) is 0 Å². The Bertz CT molecular complexity index is 494. The van der Waals surface area contributed by atoms with E-state index in [1.165, 1.54) is 0 Å². The zero-order valence-corrected chi connectivity index (χ0v) is 9.62. The number of nitrogen functional groups attached to an aromatic ring is 1. The maximum absolute atomic E-state index is 5.88. The van der Waals surface area contributed by atoms with Crippen LogP contribution < -0.4 is 11.1 Å². The molecule has 0 aliphatic carbocycles. The van der Waals surface area contributed by atoms with Gasteiger partial charge in [-0.1, -0.05) is 11.6 Å². The Kier molecular flexibility index (Phi) is 2.97. The third-order valence-corrected chi connectivity index (χ3v) is 2.49. The van der Waals surface area contributed by atoms with E-state index >= 15 is 0 Å². The first-order valence-corrected chi connectivity index (χ1v) is 5.27. The molecular formula is C12H12ClN3. The molecule has 82 valence electrons. The van der Waals surface area contributed by atoms with E-state index in [1.54, 1.807) is 12.3 Å². The van der Waals surface area contributed by atoms with Crippen molar-refractivity contribution in [3.63, 3.8) is 0 Å². The highest BCUT2D eigenvalue weighted by Gasteiger charge is 1.99. The predicted molar refractivity (Wildman–Crippen MR) is 68.1 cm³/mol. The first-order valence-electron chi connectivity index (χ1n) is 4.90. The maximum Gasteiger partial charge on any atom is 0.123 e. The van der Waals surface area contributed by atoms with Crippen LogP contribution in [0.5, 0.6) is 0 Å². The van der Waals surface area contributed by atoms with Crippen molar-refractivity contribution >= 4 is 28.8 Å². The molecule has 0 radical (unpaired) electrons. The largest absolute Gasteiger partial charge is 0.384 e. The Balaban J connectivity index is 2.23. The summed E-state index contributed by atoms with van der Waals surface area (Å²) in [5.41, 5.74) is 8.51. The molecule has 3 N–H and O–H groups in total. The molecule has 0 aliphatic rings. The molecule has 0 bridgehead atoms. The molecular weight excluding hydrogens is 222 g/mol. The quantitative estimate of drug-likeness (QED) is 0.836. The van der Waals surface area contributed by atoms with Gasteiger partial charge in [-0.2, -0.15) is 0 Å². The summed E-state index contributed by atoms with van der Waals surface area (Å²) in [6.07, 6.45) is 1.70. The number of aryl methyl sites for hydroxylation is 1. The summed E-state index contributed by atoms with van der Waals surface area (Å²) in [4.78, 5) is 4.01. The lowest BCUT2D eigenvalue weighted by molar-refractivity contribution is 1.32. The van der Waals surface area contributed by atoms with E-state index in [-0.39, 0.29) is 0 Å². The number of nitrogens with two attached hydrogens (primary N) is 1. The number of pyridine rings is 1. The number of aromatic nitrogens is 1. The van der Waals surface area contributed by atoms with E-state index in [0.717, 1.165) is 22.0 Å². The fraction of sp³-hybridized carbons (Fsp3) is 0.0833. The maximum atomic E-state index is 5.88. The van der Waals surface area contributed by atoms with Gasteiger partial charge in [-0.25, -0.2) is 4.98 Å². The number of nitrogens with zero attached hydrogens (tertiary/aromatic N) is 1. The third kappa shape index (κ3) is 2.44.